The molecule has 0 spiro atoms. The highest BCUT2D eigenvalue weighted by atomic mass is 16.4. The van der Waals surface area contributed by atoms with Gasteiger partial charge in [-0.15, -0.1) is 0 Å². The highest BCUT2D eigenvalue weighted by Crippen LogP contribution is 2.27. The summed E-state index contributed by atoms with van der Waals surface area (Å²) in [4.78, 5) is 17.6. The minimum atomic E-state index is -0.999. The molecule has 1 aromatic heterocycles. The molecule has 1 saturated carbocycles. The first-order valence-corrected chi connectivity index (χ1v) is 6.89. The molecule has 1 fully saturated rings. The lowest BCUT2D eigenvalue weighted by Crippen LogP contribution is -2.37. The number of aromatic carboxylic acids is 1. The molecule has 0 aromatic carbocycles. The average Bonchev–Trinajstić information content (AvgIpc) is 2.42. The maximum Gasteiger partial charge on any atom is 0.337 e. The first-order chi connectivity index (χ1) is 9.13. The number of carboxylic acids is 1. The van der Waals surface area contributed by atoms with Gasteiger partial charge in [0.05, 0.1) is 17.4 Å². The predicted octanol–water partition coefficient (Wildman–Crippen LogP) is 2.52. The molecular weight excluding hydrogens is 242 g/mol. The van der Waals surface area contributed by atoms with Gasteiger partial charge in [-0.3, -0.25) is 0 Å². The summed E-state index contributed by atoms with van der Waals surface area (Å²) in [6.07, 6.45) is 7.53. The van der Waals surface area contributed by atoms with Crippen molar-refractivity contribution in [1.82, 2.24) is 4.98 Å². The lowest BCUT2D eigenvalue weighted by molar-refractivity contribution is 0.0698. The third-order valence-electron chi connectivity index (χ3n) is 3.80. The number of hydrogen-bond acceptors (Lipinski definition) is 4. The number of aromatic nitrogens is 1. The molecule has 19 heavy (non-hydrogen) atoms. The van der Waals surface area contributed by atoms with Crippen molar-refractivity contribution in [2.75, 3.05) is 17.2 Å². The van der Waals surface area contributed by atoms with Crippen LogP contribution in [-0.4, -0.2) is 28.6 Å². The Balaban J connectivity index is 2.27. The summed E-state index contributed by atoms with van der Waals surface area (Å²) in [5.74, 6) is -0.276. The quantitative estimate of drug-likeness (QED) is 0.872. The Kier molecular flexibility index (Phi) is 4.24. The SMILES string of the molecule is CCN(c1cc(C(=O)O)c(N)cn1)C1CCCCC1. The van der Waals surface area contributed by atoms with Gasteiger partial charge in [0.15, 0.2) is 0 Å². The fourth-order valence-electron chi connectivity index (χ4n) is 2.80. The molecule has 5 nitrogen and oxygen atoms in total. The molecule has 5 heteroatoms. The van der Waals surface area contributed by atoms with Crippen LogP contribution in [-0.2, 0) is 0 Å². The molecule has 1 heterocycles. The summed E-state index contributed by atoms with van der Waals surface area (Å²) in [6, 6.07) is 2.06. The molecule has 0 aliphatic heterocycles. The fourth-order valence-corrected chi connectivity index (χ4v) is 2.80. The van der Waals surface area contributed by atoms with Gasteiger partial charge in [0.2, 0.25) is 0 Å². The van der Waals surface area contributed by atoms with Gasteiger partial charge in [0, 0.05) is 12.6 Å². The number of hydrogen-bond donors (Lipinski definition) is 2. The number of nitrogens with zero attached hydrogens (tertiary/aromatic N) is 2. The third-order valence-corrected chi connectivity index (χ3v) is 3.80. The summed E-state index contributed by atoms with van der Waals surface area (Å²) < 4.78 is 0. The summed E-state index contributed by atoms with van der Waals surface area (Å²) in [6.45, 7) is 2.91. The van der Waals surface area contributed by atoms with Crippen molar-refractivity contribution in [2.24, 2.45) is 0 Å². The van der Waals surface area contributed by atoms with Gasteiger partial charge in [0.25, 0.3) is 0 Å². The highest BCUT2D eigenvalue weighted by Gasteiger charge is 2.22. The second-order valence-electron chi connectivity index (χ2n) is 5.01. The van der Waals surface area contributed by atoms with E-state index in [4.69, 9.17) is 10.8 Å². The lowest BCUT2D eigenvalue weighted by Gasteiger charge is -2.34. The van der Waals surface area contributed by atoms with Crippen LogP contribution in [0.4, 0.5) is 11.5 Å². The molecular formula is C14H21N3O2. The van der Waals surface area contributed by atoms with Gasteiger partial charge < -0.3 is 15.7 Å². The van der Waals surface area contributed by atoms with Crippen LogP contribution in [0, 0.1) is 0 Å². The Labute approximate surface area is 113 Å². The van der Waals surface area contributed by atoms with Crippen molar-refractivity contribution in [3.63, 3.8) is 0 Å². The first kappa shape index (κ1) is 13.6. The molecule has 0 atom stereocenters. The summed E-state index contributed by atoms with van der Waals surface area (Å²) >= 11 is 0. The van der Waals surface area contributed by atoms with E-state index in [2.05, 4.69) is 16.8 Å². The monoisotopic (exact) mass is 263 g/mol. The number of pyridine rings is 1. The molecule has 3 N–H and O–H groups in total. The molecule has 1 aliphatic rings. The number of nitrogens with two attached hydrogens (primary N) is 1. The van der Waals surface area contributed by atoms with Crippen LogP contribution in [0.3, 0.4) is 0 Å². The minimum Gasteiger partial charge on any atom is -0.478 e. The largest absolute Gasteiger partial charge is 0.478 e. The van der Waals surface area contributed by atoms with Gasteiger partial charge in [-0.25, -0.2) is 9.78 Å². The number of carbonyl (C=O) groups is 1. The number of carboxylic acid groups (broad SMARTS) is 1. The Bertz CT molecular complexity index is 456. The normalized spacial score (nSPS) is 16.3. The molecule has 0 amide bonds. The van der Waals surface area contributed by atoms with Gasteiger partial charge in [-0.2, -0.15) is 0 Å². The molecule has 1 aromatic rings. The van der Waals surface area contributed by atoms with Crippen LogP contribution >= 0.6 is 0 Å². The van der Waals surface area contributed by atoms with Crippen LogP contribution in [0.15, 0.2) is 12.3 Å². The summed E-state index contributed by atoms with van der Waals surface area (Å²) in [5.41, 5.74) is 6.01. The van der Waals surface area contributed by atoms with Gasteiger partial charge in [0.1, 0.15) is 5.82 Å². The van der Waals surface area contributed by atoms with E-state index in [0.29, 0.717) is 6.04 Å². The van der Waals surface area contributed by atoms with E-state index < -0.39 is 5.97 Å². The topological polar surface area (TPSA) is 79.5 Å². The Morgan fingerprint density at radius 1 is 1.47 bits per heavy atom. The van der Waals surface area contributed by atoms with E-state index >= 15 is 0 Å². The Morgan fingerprint density at radius 2 is 2.16 bits per heavy atom. The molecule has 0 bridgehead atoms. The molecule has 0 unspecified atom stereocenters. The zero-order chi connectivity index (χ0) is 13.8. The van der Waals surface area contributed by atoms with Gasteiger partial charge >= 0.3 is 5.97 Å². The van der Waals surface area contributed by atoms with Crippen LogP contribution in [0.2, 0.25) is 0 Å². The van der Waals surface area contributed by atoms with Crippen LogP contribution in [0.25, 0.3) is 0 Å². The van der Waals surface area contributed by atoms with Crippen LogP contribution in [0.5, 0.6) is 0 Å². The maximum atomic E-state index is 11.1. The fraction of sp³-hybridized carbons (Fsp3) is 0.571. The van der Waals surface area contributed by atoms with E-state index in [-0.39, 0.29) is 11.3 Å². The van der Waals surface area contributed by atoms with Crippen molar-refractivity contribution in [2.45, 2.75) is 45.1 Å². The van der Waals surface area contributed by atoms with Crippen molar-refractivity contribution < 1.29 is 9.90 Å². The van der Waals surface area contributed by atoms with Crippen molar-refractivity contribution in [3.8, 4) is 0 Å². The first-order valence-electron chi connectivity index (χ1n) is 6.89. The second kappa shape index (κ2) is 5.91. The average molecular weight is 263 g/mol. The standard InChI is InChI=1S/C14H21N3O2/c1-2-17(10-6-4-3-5-7-10)13-8-11(14(18)19)12(15)9-16-13/h8-10H,2-7,15H2,1H3,(H,18,19). The Morgan fingerprint density at radius 3 is 2.74 bits per heavy atom. The Hall–Kier alpha value is -1.78. The smallest absolute Gasteiger partial charge is 0.337 e. The van der Waals surface area contributed by atoms with E-state index in [1.807, 2.05) is 0 Å². The maximum absolute atomic E-state index is 11.1. The summed E-state index contributed by atoms with van der Waals surface area (Å²) in [5, 5.41) is 9.13. The van der Waals surface area contributed by atoms with Crippen molar-refractivity contribution in [1.29, 1.82) is 0 Å². The summed E-state index contributed by atoms with van der Waals surface area (Å²) in [7, 11) is 0. The molecule has 0 radical (unpaired) electrons. The zero-order valence-corrected chi connectivity index (χ0v) is 11.3. The molecule has 0 saturated heterocycles. The predicted molar refractivity (Wildman–Crippen MR) is 75.5 cm³/mol. The molecule has 1 aliphatic carbocycles. The molecule has 104 valence electrons. The number of nitrogen functional groups attached to an aromatic ring is 1. The van der Waals surface area contributed by atoms with Crippen LogP contribution in [0.1, 0.15) is 49.4 Å². The van der Waals surface area contributed by atoms with Gasteiger partial charge in [-0.1, -0.05) is 19.3 Å². The minimum absolute atomic E-state index is 0.138. The van der Waals surface area contributed by atoms with E-state index in [0.717, 1.165) is 25.2 Å². The van der Waals surface area contributed by atoms with E-state index in [9.17, 15) is 4.79 Å². The third kappa shape index (κ3) is 2.97. The lowest BCUT2D eigenvalue weighted by atomic mass is 9.94. The van der Waals surface area contributed by atoms with Crippen molar-refractivity contribution in [3.05, 3.63) is 17.8 Å². The molecule has 2 rings (SSSR count). The van der Waals surface area contributed by atoms with Crippen LogP contribution < -0.4 is 10.6 Å². The van der Waals surface area contributed by atoms with Crippen molar-refractivity contribution >= 4 is 17.5 Å². The number of anilines is 2. The highest BCUT2D eigenvalue weighted by molar-refractivity contribution is 5.94. The second-order valence-corrected chi connectivity index (χ2v) is 5.01. The van der Waals surface area contributed by atoms with Gasteiger partial charge in [-0.05, 0) is 25.8 Å². The van der Waals surface area contributed by atoms with E-state index in [1.54, 1.807) is 6.07 Å². The zero-order valence-electron chi connectivity index (χ0n) is 11.3. The number of rotatable bonds is 4. The van der Waals surface area contributed by atoms with E-state index in [1.165, 1.54) is 25.5 Å².